The minimum Gasteiger partial charge on any atom is -0.454 e. The van der Waals surface area contributed by atoms with Crippen LogP contribution in [0.15, 0.2) is 30.3 Å². The highest BCUT2D eigenvalue weighted by Crippen LogP contribution is 2.07. The zero-order chi connectivity index (χ0) is 18.8. The molecule has 25 heavy (non-hydrogen) atoms. The van der Waals surface area contributed by atoms with Gasteiger partial charge in [0.1, 0.15) is 6.04 Å². The van der Waals surface area contributed by atoms with Gasteiger partial charge in [0.25, 0.3) is 11.8 Å². The van der Waals surface area contributed by atoms with E-state index in [1.807, 2.05) is 5.32 Å². The fourth-order valence-corrected chi connectivity index (χ4v) is 1.86. The minimum absolute atomic E-state index is 0.111. The summed E-state index contributed by atoms with van der Waals surface area (Å²) in [5.41, 5.74) is 0.404. The van der Waals surface area contributed by atoms with Crippen molar-refractivity contribution in [3.63, 3.8) is 0 Å². The fourth-order valence-electron chi connectivity index (χ4n) is 1.86. The monoisotopic (exact) mass is 350 g/mol. The third-order valence-electron chi connectivity index (χ3n) is 3.11. The number of carbonyl (C=O) groups excluding carboxylic acids is 4. The van der Waals surface area contributed by atoms with Crippen LogP contribution in [0.4, 0.5) is 4.79 Å². The Balaban J connectivity index is 2.58. The lowest BCUT2D eigenvalue weighted by Crippen LogP contribution is -2.46. The zero-order valence-corrected chi connectivity index (χ0v) is 14.4. The first-order valence-corrected chi connectivity index (χ1v) is 7.84. The summed E-state index contributed by atoms with van der Waals surface area (Å²) in [6.07, 6.45) is -0.915. The van der Waals surface area contributed by atoms with Gasteiger partial charge < -0.3 is 14.8 Å². The van der Waals surface area contributed by atoms with Gasteiger partial charge in [-0.1, -0.05) is 32.0 Å². The molecule has 0 unspecified atom stereocenters. The Kier molecular flexibility index (Phi) is 8.11. The molecule has 3 amide bonds. The van der Waals surface area contributed by atoms with Crippen LogP contribution in [0, 0.1) is 5.92 Å². The summed E-state index contributed by atoms with van der Waals surface area (Å²) >= 11 is 0. The molecule has 1 rings (SSSR count). The molecule has 0 aliphatic rings. The lowest BCUT2D eigenvalue weighted by molar-refractivity contribution is -0.151. The van der Waals surface area contributed by atoms with Gasteiger partial charge in [0.05, 0.1) is 6.61 Å². The van der Waals surface area contributed by atoms with E-state index in [4.69, 9.17) is 4.74 Å². The van der Waals surface area contributed by atoms with Crippen LogP contribution in [0.2, 0.25) is 0 Å². The van der Waals surface area contributed by atoms with Crippen molar-refractivity contribution in [2.75, 3.05) is 13.2 Å². The van der Waals surface area contributed by atoms with E-state index in [2.05, 4.69) is 10.1 Å². The van der Waals surface area contributed by atoms with E-state index >= 15 is 0 Å². The van der Waals surface area contributed by atoms with E-state index in [0.29, 0.717) is 5.56 Å². The van der Waals surface area contributed by atoms with Crippen molar-refractivity contribution >= 4 is 23.9 Å². The van der Waals surface area contributed by atoms with Crippen LogP contribution < -0.4 is 10.6 Å². The SMILES string of the molecule is CCOC(=O)NC(=O)COC(=O)[C@@H](NC(=O)c1ccccc1)C(C)C. The predicted octanol–water partition coefficient (Wildman–Crippen LogP) is 1.26. The van der Waals surface area contributed by atoms with Crippen molar-refractivity contribution in [3.8, 4) is 0 Å². The molecule has 8 heteroatoms. The predicted molar refractivity (Wildman–Crippen MR) is 88.7 cm³/mol. The van der Waals surface area contributed by atoms with Crippen molar-refractivity contribution in [2.45, 2.75) is 26.8 Å². The molecule has 2 N–H and O–H groups in total. The molecule has 0 aromatic heterocycles. The van der Waals surface area contributed by atoms with Crippen molar-refractivity contribution in [1.82, 2.24) is 10.6 Å². The first-order chi connectivity index (χ1) is 11.8. The average molecular weight is 350 g/mol. The molecule has 136 valence electrons. The number of imide groups is 1. The highest BCUT2D eigenvalue weighted by Gasteiger charge is 2.27. The smallest absolute Gasteiger partial charge is 0.413 e. The second-order valence-corrected chi connectivity index (χ2v) is 5.44. The molecule has 0 heterocycles. The van der Waals surface area contributed by atoms with Gasteiger partial charge in [0, 0.05) is 5.56 Å². The number of hydrogen-bond donors (Lipinski definition) is 2. The molecule has 1 atom stereocenters. The summed E-state index contributed by atoms with van der Waals surface area (Å²) in [5, 5.41) is 4.49. The number of rotatable bonds is 7. The maximum Gasteiger partial charge on any atom is 0.413 e. The van der Waals surface area contributed by atoms with Crippen molar-refractivity contribution in [2.24, 2.45) is 5.92 Å². The summed E-state index contributed by atoms with van der Waals surface area (Å²) in [4.78, 5) is 46.9. The summed E-state index contributed by atoms with van der Waals surface area (Å²) in [6, 6.07) is 7.49. The highest BCUT2D eigenvalue weighted by molar-refractivity contribution is 5.97. The molecule has 0 fully saturated rings. The van der Waals surface area contributed by atoms with Crippen LogP contribution >= 0.6 is 0 Å². The number of nitrogens with one attached hydrogen (secondary N) is 2. The number of hydrogen-bond acceptors (Lipinski definition) is 6. The van der Waals surface area contributed by atoms with Gasteiger partial charge in [-0.05, 0) is 25.0 Å². The van der Waals surface area contributed by atoms with Crippen LogP contribution in [0.5, 0.6) is 0 Å². The molecular weight excluding hydrogens is 328 g/mol. The number of ether oxygens (including phenoxy) is 2. The van der Waals surface area contributed by atoms with E-state index in [0.717, 1.165) is 0 Å². The molecule has 8 nitrogen and oxygen atoms in total. The number of alkyl carbamates (subject to hydrolysis) is 1. The van der Waals surface area contributed by atoms with E-state index in [1.54, 1.807) is 51.1 Å². The molecule has 0 spiro atoms. The van der Waals surface area contributed by atoms with E-state index in [1.165, 1.54) is 0 Å². The summed E-state index contributed by atoms with van der Waals surface area (Å²) in [7, 11) is 0. The first-order valence-electron chi connectivity index (χ1n) is 7.84. The third-order valence-corrected chi connectivity index (χ3v) is 3.11. The van der Waals surface area contributed by atoms with Crippen LogP contribution in [0.3, 0.4) is 0 Å². The molecule has 1 aromatic carbocycles. The topological polar surface area (TPSA) is 111 Å². The van der Waals surface area contributed by atoms with Crippen molar-refractivity contribution in [3.05, 3.63) is 35.9 Å². The molecule has 1 aromatic rings. The summed E-state index contributed by atoms with van der Waals surface area (Å²) in [5.74, 6) is -2.26. The fraction of sp³-hybridized carbons (Fsp3) is 0.412. The Morgan fingerprint density at radius 2 is 1.68 bits per heavy atom. The Morgan fingerprint density at radius 3 is 2.24 bits per heavy atom. The number of carbonyl (C=O) groups is 4. The summed E-state index contributed by atoms with van der Waals surface area (Å²) < 4.78 is 9.41. The van der Waals surface area contributed by atoms with Crippen LogP contribution in [-0.2, 0) is 19.1 Å². The number of amides is 3. The van der Waals surface area contributed by atoms with Crippen LogP contribution in [-0.4, -0.2) is 43.1 Å². The van der Waals surface area contributed by atoms with Crippen molar-refractivity contribution < 1.29 is 28.7 Å². The number of benzene rings is 1. The van der Waals surface area contributed by atoms with Gasteiger partial charge in [-0.25, -0.2) is 9.59 Å². The first kappa shape index (κ1) is 20.1. The Bertz CT molecular complexity index is 615. The Hall–Kier alpha value is -2.90. The Morgan fingerprint density at radius 1 is 1.04 bits per heavy atom. The van der Waals surface area contributed by atoms with Crippen LogP contribution in [0.25, 0.3) is 0 Å². The number of esters is 1. The van der Waals surface area contributed by atoms with Gasteiger partial charge in [-0.3, -0.25) is 14.9 Å². The van der Waals surface area contributed by atoms with Gasteiger partial charge in [0.2, 0.25) is 0 Å². The second-order valence-electron chi connectivity index (χ2n) is 5.44. The Labute approximate surface area is 145 Å². The zero-order valence-electron chi connectivity index (χ0n) is 14.4. The third kappa shape index (κ3) is 7.03. The maximum atomic E-state index is 12.2. The quantitative estimate of drug-likeness (QED) is 0.716. The van der Waals surface area contributed by atoms with Gasteiger partial charge in [0.15, 0.2) is 6.61 Å². The largest absolute Gasteiger partial charge is 0.454 e. The lowest BCUT2D eigenvalue weighted by atomic mass is 10.0. The molecule has 0 aliphatic heterocycles. The van der Waals surface area contributed by atoms with Crippen LogP contribution in [0.1, 0.15) is 31.1 Å². The van der Waals surface area contributed by atoms with Gasteiger partial charge >= 0.3 is 12.1 Å². The van der Waals surface area contributed by atoms with Crippen molar-refractivity contribution in [1.29, 1.82) is 0 Å². The average Bonchev–Trinajstić information content (AvgIpc) is 2.58. The molecule has 0 bridgehead atoms. The molecule has 0 saturated heterocycles. The van der Waals surface area contributed by atoms with Gasteiger partial charge in [-0.2, -0.15) is 0 Å². The summed E-state index contributed by atoms with van der Waals surface area (Å²) in [6.45, 7) is 4.51. The lowest BCUT2D eigenvalue weighted by Gasteiger charge is -2.20. The molecule has 0 aliphatic carbocycles. The van der Waals surface area contributed by atoms with E-state index < -0.39 is 36.5 Å². The second kappa shape index (κ2) is 10.1. The molecule has 0 radical (unpaired) electrons. The van der Waals surface area contributed by atoms with E-state index in [9.17, 15) is 19.2 Å². The maximum absolute atomic E-state index is 12.2. The standard InChI is InChI=1S/C17H22N2O6/c1-4-24-17(23)18-13(20)10-25-16(22)14(11(2)3)19-15(21)12-8-6-5-7-9-12/h5-9,11,14H,4,10H2,1-3H3,(H,19,21)(H,18,20,23)/t14-/m0/s1. The normalized spacial score (nSPS) is 11.4. The molecule has 0 saturated carbocycles. The van der Waals surface area contributed by atoms with E-state index in [-0.39, 0.29) is 12.5 Å². The highest BCUT2D eigenvalue weighted by atomic mass is 16.6. The molecular formula is C17H22N2O6. The van der Waals surface area contributed by atoms with Gasteiger partial charge in [-0.15, -0.1) is 0 Å². The minimum atomic E-state index is -0.928.